The normalized spacial score (nSPS) is 22.7. The van der Waals surface area contributed by atoms with Gasteiger partial charge in [-0.25, -0.2) is 16.8 Å². The lowest BCUT2D eigenvalue weighted by molar-refractivity contribution is 0.388. The van der Waals surface area contributed by atoms with E-state index in [9.17, 15) is 16.8 Å². The van der Waals surface area contributed by atoms with Crippen molar-refractivity contribution in [3.8, 4) is 0 Å². The van der Waals surface area contributed by atoms with Crippen LogP contribution in [-0.4, -0.2) is 50.6 Å². The minimum atomic E-state index is -3.19. The van der Waals surface area contributed by atoms with Crippen LogP contribution in [0.5, 0.6) is 0 Å². The molecule has 332 valence electrons. The van der Waals surface area contributed by atoms with E-state index in [1.165, 1.54) is 42.4 Å². The summed E-state index contributed by atoms with van der Waals surface area (Å²) in [6.45, 7) is 35.6. The third kappa shape index (κ3) is 10.4. The molecular formula is C52H78N2O4S2. The van der Waals surface area contributed by atoms with Gasteiger partial charge in [0.2, 0.25) is 20.0 Å². The Kier molecular flexibility index (Phi) is 15.2. The summed E-state index contributed by atoms with van der Waals surface area (Å²) >= 11 is 0. The second-order valence-electron chi connectivity index (χ2n) is 20.6. The third-order valence-electron chi connectivity index (χ3n) is 13.5. The zero-order valence-electron chi connectivity index (χ0n) is 40.1. The second-order valence-corrected chi connectivity index (χ2v) is 24.4. The average molecular weight is 859 g/mol. The molecule has 6 aliphatic carbocycles. The zero-order valence-corrected chi connectivity index (χ0v) is 41.7. The molecule has 0 aromatic heterocycles. The van der Waals surface area contributed by atoms with Gasteiger partial charge in [-0.2, -0.15) is 8.61 Å². The highest BCUT2D eigenvalue weighted by Gasteiger charge is 2.42. The van der Waals surface area contributed by atoms with Crippen LogP contribution in [0.3, 0.4) is 0 Å². The van der Waals surface area contributed by atoms with Crippen molar-refractivity contribution in [1.82, 2.24) is 8.61 Å². The number of hydrogen-bond donors (Lipinski definition) is 0. The Morgan fingerprint density at radius 1 is 0.383 bits per heavy atom. The number of allylic oxidation sites excluding steroid dienone is 16. The summed E-state index contributed by atoms with van der Waals surface area (Å²) in [5, 5.41) is 0. The van der Waals surface area contributed by atoms with E-state index in [2.05, 4.69) is 113 Å². The average Bonchev–Trinajstić information content (AvgIpc) is 3.97. The number of sulfonamides is 2. The summed E-state index contributed by atoms with van der Waals surface area (Å²) in [4.78, 5) is 1.22. The Labute approximate surface area is 366 Å². The third-order valence-corrected chi connectivity index (χ3v) is 17.8. The molecule has 0 saturated heterocycles. The first kappa shape index (κ1) is 48.3. The Morgan fingerprint density at radius 3 is 1.10 bits per heavy atom. The Hall–Kier alpha value is -2.78. The molecule has 0 bridgehead atoms. The molecule has 0 amide bonds. The predicted molar refractivity (Wildman–Crippen MR) is 255 cm³/mol. The Bertz CT molecular complexity index is 2180. The van der Waals surface area contributed by atoms with Crippen molar-refractivity contribution in [2.24, 2.45) is 35.5 Å². The van der Waals surface area contributed by atoms with Crippen LogP contribution in [0.2, 0.25) is 0 Å². The zero-order chi connectivity index (χ0) is 44.8. The molecule has 2 heterocycles. The van der Waals surface area contributed by atoms with E-state index in [-0.39, 0.29) is 12.1 Å². The van der Waals surface area contributed by atoms with Gasteiger partial charge in [-0.15, -0.1) is 0 Å². The summed E-state index contributed by atoms with van der Waals surface area (Å²) < 4.78 is 52.0. The Balaban J connectivity index is 0.000000152. The van der Waals surface area contributed by atoms with Crippen LogP contribution in [0.25, 0.3) is 0 Å². The molecule has 2 aliphatic heterocycles. The Morgan fingerprint density at radius 2 is 0.733 bits per heavy atom. The topological polar surface area (TPSA) is 74.8 Å². The van der Waals surface area contributed by atoms with Crippen LogP contribution in [0.4, 0.5) is 0 Å². The highest BCUT2D eigenvalue weighted by molar-refractivity contribution is 7.93. The fraction of sp³-hybridized carbons (Fsp3) is 0.615. The van der Waals surface area contributed by atoms with Crippen molar-refractivity contribution >= 4 is 20.0 Å². The van der Waals surface area contributed by atoms with Crippen molar-refractivity contribution in [1.29, 1.82) is 0 Å². The fourth-order valence-corrected chi connectivity index (χ4v) is 12.9. The molecule has 0 spiro atoms. The van der Waals surface area contributed by atoms with Crippen LogP contribution >= 0.6 is 0 Å². The highest BCUT2D eigenvalue weighted by Crippen LogP contribution is 2.44. The fourth-order valence-electron chi connectivity index (χ4n) is 9.04. The van der Waals surface area contributed by atoms with Gasteiger partial charge in [0.1, 0.15) is 0 Å². The number of hydrogen-bond acceptors (Lipinski definition) is 4. The summed E-state index contributed by atoms with van der Waals surface area (Å²) in [6, 6.07) is 0.0954. The standard InChI is InChI=1S/2C14H20.2C12H19NO2S/c2*1-9(2)11-5-13-7-12(10(3)4)8-14(13)6-11;2*1-8(2)10-5-11-7-13(9(3)4)16(14,15)12(11)6-10/h5,8-10H,6-7H2,1-4H3;5,7,9-10H,6,8H2,1-4H3;6,8-9H,5,7H2,1-4H3;5,8-9H,6-7H2,1-4H3. The molecule has 0 atom stereocenters. The molecule has 8 heteroatoms. The van der Waals surface area contributed by atoms with Crippen molar-refractivity contribution in [2.75, 3.05) is 13.1 Å². The van der Waals surface area contributed by atoms with Gasteiger partial charge in [0.15, 0.2) is 0 Å². The molecule has 0 saturated carbocycles. The van der Waals surface area contributed by atoms with Crippen LogP contribution in [0.15, 0.2) is 113 Å². The molecule has 0 radical (unpaired) electrons. The van der Waals surface area contributed by atoms with Gasteiger partial charge in [-0.1, -0.05) is 152 Å². The maximum atomic E-state index is 12.2. The molecule has 8 rings (SSSR count). The summed E-state index contributed by atoms with van der Waals surface area (Å²) in [5.74, 6) is 3.75. The number of rotatable bonds is 8. The first-order valence-electron chi connectivity index (χ1n) is 23.0. The van der Waals surface area contributed by atoms with Gasteiger partial charge >= 0.3 is 0 Å². The van der Waals surface area contributed by atoms with E-state index in [0.29, 0.717) is 41.2 Å². The van der Waals surface area contributed by atoms with E-state index in [1.54, 1.807) is 47.6 Å². The SMILES string of the molecule is CC(C)C1=CC2=C(C1)CC(C(C)C)=C2.CC(C)C1=CC2=C(C1)CN(C(C)C)S2(=O)=O.CC(C)C1=CC2=C(C1)S(=O)(=O)N(C(C)C)C2.CC(C)C1=CC2=C(C=C(C(C)C)C2)C1. The van der Waals surface area contributed by atoms with Gasteiger partial charge in [-0.05, 0) is 129 Å². The monoisotopic (exact) mass is 859 g/mol. The molecule has 0 fully saturated rings. The van der Waals surface area contributed by atoms with Crippen LogP contribution in [0.1, 0.15) is 149 Å². The maximum absolute atomic E-state index is 12.2. The summed E-state index contributed by atoms with van der Waals surface area (Å²) in [6.07, 6.45) is 20.0. The lowest BCUT2D eigenvalue weighted by Gasteiger charge is -2.21. The smallest absolute Gasteiger partial charge is 0.207 e. The van der Waals surface area contributed by atoms with Gasteiger partial charge in [0.05, 0.1) is 9.81 Å². The minimum absolute atomic E-state index is 0.0477. The number of nitrogens with zero attached hydrogens (tertiary/aromatic N) is 2. The van der Waals surface area contributed by atoms with E-state index in [4.69, 9.17) is 0 Å². The van der Waals surface area contributed by atoms with Crippen molar-refractivity contribution in [2.45, 2.75) is 161 Å². The molecule has 6 nitrogen and oxygen atoms in total. The first-order valence-corrected chi connectivity index (χ1v) is 25.9. The quantitative estimate of drug-likeness (QED) is 0.244. The first-order chi connectivity index (χ1) is 27.8. The largest absolute Gasteiger partial charge is 0.243 e. The predicted octanol–water partition coefficient (Wildman–Crippen LogP) is 13.1. The van der Waals surface area contributed by atoms with Crippen LogP contribution in [-0.2, 0) is 20.0 Å². The molecule has 8 aliphatic rings. The minimum Gasteiger partial charge on any atom is -0.207 e. The summed E-state index contributed by atoms with van der Waals surface area (Å²) in [7, 11) is -6.36. The molecular weight excluding hydrogens is 781 g/mol. The van der Waals surface area contributed by atoms with Gasteiger partial charge < -0.3 is 0 Å². The van der Waals surface area contributed by atoms with E-state index in [1.807, 2.05) is 33.8 Å². The van der Waals surface area contributed by atoms with Crippen LogP contribution in [0, 0.1) is 35.5 Å². The second kappa shape index (κ2) is 18.9. The van der Waals surface area contributed by atoms with Crippen molar-refractivity contribution < 1.29 is 16.8 Å². The van der Waals surface area contributed by atoms with Crippen LogP contribution < -0.4 is 0 Å². The maximum Gasteiger partial charge on any atom is 0.243 e. The molecule has 0 N–H and O–H groups in total. The van der Waals surface area contributed by atoms with Gasteiger partial charge in [-0.3, -0.25) is 0 Å². The lowest BCUT2D eigenvalue weighted by Crippen LogP contribution is -2.34. The molecule has 0 unspecified atom stereocenters. The van der Waals surface area contributed by atoms with Crippen molar-refractivity contribution in [3.63, 3.8) is 0 Å². The molecule has 60 heavy (non-hydrogen) atoms. The summed E-state index contributed by atoms with van der Waals surface area (Å²) in [5.41, 5.74) is 17.4. The lowest BCUT2D eigenvalue weighted by atomic mass is 9.95. The van der Waals surface area contributed by atoms with Gasteiger partial charge in [0.25, 0.3) is 0 Å². The van der Waals surface area contributed by atoms with E-state index >= 15 is 0 Å². The molecule has 0 aromatic rings. The molecule has 0 aromatic carbocycles. The van der Waals surface area contributed by atoms with E-state index in [0.717, 1.165) is 41.2 Å². The van der Waals surface area contributed by atoms with E-state index < -0.39 is 20.0 Å². The van der Waals surface area contributed by atoms with Gasteiger partial charge in [0, 0.05) is 31.6 Å². The van der Waals surface area contributed by atoms with Crippen molar-refractivity contribution in [3.05, 3.63) is 113 Å². The highest BCUT2D eigenvalue weighted by atomic mass is 32.2.